The molecule has 1 fully saturated rings. The van der Waals surface area contributed by atoms with Crippen LogP contribution in [-0.2, 0) is 11.0 Å². The Morgan fingerprint density at radius 3 is 2.69 bits per heavy atom. The molecule has 3 aliphatic heterocycles. The highest BCUT2D eigenvalue weighted by molar-refractivity contribution is 5.90. The molecule has 1 atom stereocenters. The number of nitrogens with one attached hydrogen (secondary N) is 3. The molecule has 0 aromatic heterocycles. The summed E-state index contributed by atoms with van der Waals surface area (Å²) in [6.07, 6.45) is -2.98. The van der Waals surface area contributed by atoms with Crippen LogP contribution in [0.4, 0.5) is 24.5 Å². The van der Waals surface area contributed by atoms with Gasteiger partial charge in [0.1, 0.15) is 18.4 Å². The molecular weight excluding hydrogens is 349 g/mol. The monoisotopic (exact) mass is 368 g/mol. The molecule has 0 bridgehead atoms. The van der Waals surface area contributed by atoms with Crippen molar-refractivity contribution in [3.05, 3.63) is 29.6 Å². The molecule has 3 heterocycles. The van der Waals surface area contributed by atoms with Gasteiger partial charge in [-0.3, -0.25) is 4.79 Å². The van der Waals surface area contributed by atoms with Crippen molar-refractivity contribution in [2.45, 2.75) is 31.6 Å². The van der Waals surface area contributed by atoms with Gasteiger partial charge in [-0.2, -0.15) is 13.2 Å². The number of rotatable bonds is 2. The lowest BCUT2D eigenvalue weighted by Crippen LogP contribution is -2.62. The average molecular weight is 368 g/mol. The first kappa shape index (κ1) is 17.0. The van der Waals surface area contributed by atoms with E-state index in [0.29, 0.717) is 24.5 Å². The van der Waals surface area contributed by atoms with Gasteiger partial charge in [-0.1, -0.05) is 0 Å². The number of halogens is 3. The number of benzene rings is 1. The van der Waals surface area contributed by atoms with Gasteiger partial charge >= 0.3 is 6.18 Å². The normalized spacial score (nSPS) is 23.7. The second-order valence-corrected chi connectivity index (χ2v) is 7.13. The number of hydrogen-bond donors (Lipinski definition) is 3. The molecule has 1 aromatic carbocycles. The summed E-state index contributed by atoms with van der Waals surface area (Å²) in [6, 6.07) is 1.91. The first-order valence-electron chi connectivity index (χ1n) is 8.34. The minimum Gasteiger partial charge on any atom is -0.485 e. The molecule has 0 aliphatic carbocycles. The van der Waals surface area contributed by atoms with Gasteiger partial charge in [-0.15, -0.1) is 0 Å². The Balaban J connectivity index is 1.83. The fourth-order valence-electron chi connectivity index (χ4n) is 3.46. The summed E-state index contributed by atoms with van der Waals surface area (Å²) >= 11 is 0. The third kappa shape index (κ3) is 2.66. The number of nitrogens with zero attached hydrogens (tertiary/aromatic N) is 1. The Hall–Kier alpha value is -2.42. The molecule has 1 amide bonds. The Bertz CT molecular complexity index is 802. The molecule has 6 nitrogen and oxygen atoms in total. The van der Waals surface area contributed by atoms with E-state index in [0.717, 1.165) is 6.07 Å². The van der Waals surface area contributed by atoms with Crippen LogP contribution in [0.15, 0.2) is 24.0 Å². The number of ether oxygens (including phenoxy) is 1. The van der Waals surface area contributed by atoms with Gasteiger partial charge in [0.25, 0.3) is 0 Å². The predicted octanol–water partition coefficient (Wildman–Crippen LogP) is 2.04. The Kier molecular flexibility index (Phi) is 3.62. The van der Waals surface area contributed by atoms with Crippen molar-refractivity contribution >= 4 is 17.3 Å². The first-order chi connectivity index (χ1) is 12.2. The number of anilines is 2. The van der Waals surface area contributed by atoms with Crippen molar-refractivity contribution in [2.75, 3.05) is 29.9 Å². The average Bonchev–Trinajstić information content (AvgIpc) is 2.54. The highest BCUT2D eigenvalue weighted by atomic mass is 19.4. The van der Waals surface area contributed by atoms with Crippen LogP contribution < -0.4 is 25.6 Å². The van der Waals surface area contributed by atoms with Crippen LogP contribution in [-0.4, -0.2) is 37.2 Å². The predicted molar refractivity (Wildman–Crippen MR) is 90.0 cm³/mol. The van der Waals surface area contributed by atoms with Crippen molar-refractivity contribution in [3.8, 4) is 5.75 Å². The number of amides is 1. The third-order valence-electron chi connectivity index (χ3n) is 4.96. The molecule has 0 spiro atoms. The third-order valence-corrected chi connectivity index (χ3v) is 4.96. The molecule has 140 valence electrons. The standard InChI is InChI=1S/C17H19F3N4O2/c1-9-15(25)22-5-10-6-26-14-3-11(17(18,19)20)12(4-13(14)24(9)10)23-16(2)7-21-8-16/h3-5,9,21,23H,6-8H2,1-2H3,(H,22,25)/t9-/m1/s1. The Labute approximate surface area is 148 Å². The van der Waals surface area contributed by atoms with Crippen LogP contribution in [0.2, 0.25) is 0 Å². The SMILES string of the molecule is C[C@@H]1C(=O)NC=C2COc3cc(C(F)(F)F)c(NC4(C)CNC4)cc3N21. The summed E-state index contributed by atoms with van der Waals surface area (Å²) in [7, 11) is 0. The fourth-order valence-corrected chi connectivity index (χ4v) is 3.46. The van der Waals surface area contributed by atoms with Gasteiger partial charge in [0, 0.05) is 25.0 Å². The molecule has 3 N–H and O–H groups in total. The van der Waals surface area contributed by atoms with Gasteiger partial charge in [0.2, 0.25) is 5.91 Å². The quantitative estimate of drug-likeness (QED) is 0.746. The van der Waals surface area contributed by atoms with E-state index in [4.69, 9.17) is 4.74 Å². The van der Waals surface area contributed by atoms with Gasteiger partial charge in [0.05, 0.1) is 22.5 Å². The number of carbonyl (C=O) groups is 1. The highest BCUT2D eigenvalue weighted by Gasteiger charge is 2.41. The molecule has 3 aliphatic rings. The van der Waals surface area contributed by atoms with Crippen molar-refractivity contribution in [2.24, 2.45) is 0 Å². The van der Waals surface area contributed by atoms with Gasteiger partial charge in [0.15, 0.2) is 0 Å². The van der Waals surface area contributed by atoms with Crippen LogP contribution in [0.25, 0.3) is 0 Å². The molecule has 4 rings (SSSR count). The highest BCUT2D eigenvalue weighted by Crippen LogP contribution is 2.46. The maximum Gasteiger partial charge on any atom is 0.418 e. The molecule has 0 saturated carbocycles. The van der Waals surface area contributed by atoms with Crippen LogP contribution in [0.1, 0.15) is 19.4 Å². The summed E-state index contributed by atoms with van der Waals surface area (Å²) < 4.78 is 46.3. The molecule has 1 aromatic rings. The number of carbonyl (C=O) groups excluding carboxylic acids is 1. The smallest absolute Gasteiger partial charge is 0.418 e. The fraction of sp³-hybridized carbons (Fsp3) is 0.471. The van der Waals surface area contributed by atoms with E-state index in [1.807, 2.05) is 6.92 Å². The van der Waals surface area contributed by atoms with Crippen LogP contribution in [0.5, 0.6) is 5.75 Å². The lowest BCUT2D eigenvalue weighted by Gasteiger charge is -2.43. The molecule has 0 unspecified atom stereocenters. The Morgan fingerprint density at radius 1 is 1.35 bits per heavy atom. The van der Waals surface area contributed by atoms with Crippen molar-refractivity contribution in [1.29, 1.82) is 0 Å². The van der Waals surface area contributed by atoms with Crippen LogP contribution >= 0.6 is 0 Å². The summed E-state index contributed by atoms with van der Waals surface area (Å²) in [4.78, 5) is 13.7. The van der Waals surface area contributed by atoms with E-state index in [2.05, 4.69) is 16.0 Å². The van der Waals surface area contributed by atoms with Crippen LogP contribution in [0, 0.1) is 0 Å². The maximum atomic E-state index is 13.6. The minimum absolute atomic E-state index is 0.0109. The van der Waals surface area contributed by atoms with E-state index in [1.54, 1.807) is 11.8 Å². The van der Waals surface area contributed by atoms with Crippen LogP contribution in [0.3, 0.4) is 0 Å². The zero-order valence-electron chi connectivity index (χ0n) is 14.3. The second kappa shape index (κ2) is 5.54. The number of hydrogen-bond acceptors (Lipinski definition) is 5. The van der Waals surface area contributed by atoms with Crippen molar-refractivity contribution < 1.29 is 22.7 Å². The molecule has 26 heavy (non-hydrogen) atoms. The zero-order chi connectivity index (χ0) is 18.7. The minimum atomic E-state index is -4.52. The molecular formula is C17H19F3N4O2. The zero-order valence-corrected chi connectivity index (χ0v) is 14.3. The summed E-state index contributed by atoms with van der Waals surface area (Å²) in [5.74, 6) is -0.0929. The lowest BCUT2D eigenvalue weighted by molar-refractivity contribution is -0.137. The second-order valence-electron chi connectivity index (χ2n) is 7.13. The topological polar surface area (TPSA) is 65.6 Å². The number of fused-ring (bicyclic) bond motifs is 3. The number of alkyl halides is 3. The van der Waals surface area contributed by atoms with Crippen molar-refractivity contribution in [3.63, 3.8) is 0 Å². The largest absolute Gasteiger partial charge is 0.485 e. The van der Waals surface area contributed by atoms with Crippen molar-refractivity contribution in [1.82, 2.24) is 10.6 Å². The van der Waals surface area contributed by atoms with Gasteiger partial charge in [-0.05, 0) is 26.0 Å². The maximum absolute atomic E-state index is 13.6. The summed E-state index contributed by atoms with van der Waals surface area (Å²) in [6.45, 7) is 4.82. The van der Waals surface area contributed by atoms with E-state index < -0.39 is 23.3 Å². The molecule has 1 saturated heterocycles. The van der Waals surface area contributed by atoms with E-state index in [-0.39, 0.29) is 24.0 Å². The molecule has 9 heteroatoms. The van der Waals surface area contributed by atoms with Gasteiger partial charge < -0.3 is 25.6 Å². The first-order valence-corrected chi connectivity index (χ1v) is 8.34. The molecule has 0 radical (unpaired) electrons. The van der Waals surface area contributed by atoms with E-state index in [9.17, 15) is 18.0 Å². The summed E-state index contributed by atoms with van der Waals surface area (Å²) in [5, 5.41) is 8.72. The summed E-state index contributed by atoms with van der Waals surface area (Å²) in [5.41, 5.74) is -0.0786. The van der Waals surface area contributed by atoms with E-state index >= 15 is 0 Å². The van der Waals surface area contributed by atoms with E-state index in [1.165, 1.54) is 12.3 Å². The Morgan fingerprint density at radius 2 is 2.08 bits per heavy atom. The lowest BCUT2D eigenvalue weighted by atomic mass is 9.94. The van der Waals surface area contributed by atoms with Gasteiger partial charge in [-0.25, -0.2) is 0 Å².